The van der Waals surface area contributed by atoms with Crippen molar-refractivity contribution in [2.45, 2.75) is 0 Å². The van der Waals surface area contributed by atoms with Crippen LogP contribution >= 0.6 is 0 Å². The van der Waals surface area contributed by atoms with Crippen molar-refractivity contribution in [2.24, 2.45) is 0 Å². The number of nitrogens with zero attached hydrogens (tertiary/aromatic N) is 2. The number of rotatable bonds is 3. The first kappa shape index (κ1) is 12.9. The number of anilines is 1. The Morgan fingerprint density at radius 3 is 2.79 bits per heavy atom. The number of imidazole rings is 1. The Labute approximate surface area is 108 Å². The van der Waals surface area contributed by atoms with Gasteiger partial charge in [-0.15, -0.1) is 0 Å². The highest BCUT2D eigenvalue weighted by atomic mass is 19.1. The third-order valence-electron chi connectivity index (χ3n) is 2.60. The van der Waals surface area contributed by atoms with Gasteiger partial charge in [-0.2, -0.15) is 0 Å². The molecule has 1 aromatic heterocycles. The Balaban J connectivity index is 2.48. The summed E-state index contributed by atoms with van der Waals surface area (Å²) < 4.78 is 24.2. The smallest absolute Gasteiger partial charge is 0.360 e. The van der Waals surface area contributed by atoms with Crippen molar-refractivity contribution < 1.29 is 18.7 Å². The lowest BCUT2D eigenvalue weighted by Crippen LogP contribution is -2.07. The SMILES string of the molecule is COC(=O)c1ncn(-c2ccc(F)c(OC)c2)c1N. The van der Waals surface area contributed by atoms with E-state index in [0.29, 0.717) is 5.69 Å². The molecule has 0 aliphatic heterocycles. The Morgan fingerprint density at radius 2 is 2.16 bits per heavy atom. The minimum Gasteiger partial charge on any atom is -0.494 e. The zero-order chi connectivity index (χ0) is 14.0. The van der Waals surface area contributed by atoms with Crippen LogP contribution in [0.2, 0.25) is 0 Å². The molecule has 100 valence electrons. The van der Waals surface area contributed by atoms with Gasteiger partial charge in [0.15, 0.2) is 17.3 Å². The van der Waals surface area contributed by atoms with Crippen molar-refractivity contribution in [3.63, 3.8) is 0 Å². The summed E-state index contributed by atoms with van der Waals surface area (Å²) >= 11 is 0. The number of esters is 1. The number of halogens is 1. The molecule has 0 spiro atoms. The lowest BCUT2D eigenvalue weighted by Gasteiger charge is -2.08. The molecule has 6 nitrogen and oxygen atoms in total. The molecule has 7 heteroatoms. The van der Waals surface area contributed by atoms with E-state index in [0.717, 1.165) is 0 Å². The zero-order valence-corrected chi connectivity index (χ0v) is 10.4. The molecule has 0 aliphatic rings. The van der Waals surface area contributed by atoms with Gasteiger partial charge in [0.25, 0.3) is 0 Å². The van der Waals surface area contributed by atoms with E-state index in [1.54, 1.807) is 0 Å². The molecule has 0 bridgehead atoms. The number of hydrogen-bond acceptors (Lipinski definition) is 5. The number of hydrogen-bond donors (Lipinski definition) is 1. The Hall–Kier alpha value is -2.57. The van der Waals surface area contributed by atoms with Gasteiger partial charge >= 0.3 is 5.97 Å². The van der Waals surface area contributed by atoms with Crippen LogP contribution in [0.4, 0.5) is 10.2 Å². The van der Waals surface area contributed by atoms with Crippen molar-refractivity contribution in [3.05, 3.63) is 36.0 Å². The monoisotopic (exact) mass is 265 g/mol. The second kappa shape index (κ2) is 4.97. The van der Waals surface area contributed by atoms with Crippen LogP contribution in [-0.4, -0.2) is 29.7 Å². The molecule has 2 rings (SSSR count). The van der Waals surface area contributed by atoms with Crippen LogP contribution in [0.1, 0.15) is 10.5 Å². The molecular weight excluding hydrogens is 253 g/mol. The van der Waals surface area contributed by atoms with Crippen LogP contribution in [0.25, 0.3) is 5.69 Å². The maximum absolute atomic E-state index is 13.3. The molecule has 0 aliphatic carbocycles. The number of aromatic nitrogens is 2. The van der Waals surface area contributed by atoms with Crippen LogP contribution in [-0.2, 0) is 4.74 Å². The van der Waals surface area contributed by atoms with E-state index in [9.17, 15) is 9.18 Å². The average molecular weight is 265 g/mol. The lowest BCUT2D eigenvalue weighted by molar-refractivity contribution is 0.0596. The highest BCUT2D eigenvalue weighted by molar-refractivity contribution is 5.92. The van der Waals surface area contributed by atoms with Crippen LogP contribution in [0.5, 0.6) is 5.75 Å². The van der Waals surface area contributed by atoms with Crippen molar-refractivity contribution in [1.29, 1.82) is 0 Å². The van der Waals surface area contributed by atoms with Gasteiger partial charge in [-0.25, -0.2) is 14.2 Å². The predicted molar refractivity (Wildman–Crippen MR) is 65.8 cm³/mol. The Bertz CT molecular complexity index is 625. The third-order valence-corrected chi connectivity index (χ3v) is 2.60. The van der Waals surface area contributed by atoms with Gasteiger partial charge in [0.05, 0.1) is 19.9 Å². The fourth-order valence-corrected chi connectivity index (χ4v) is 1.62. The zero-order valence-electron chi connectivity index (χ0n) is 10.4. The molecule has 0 fully saturated rings. The summed E-state index contributed by atoms with van der Waals surface area (Å²) in [7, 11) is 2.60. The van der Waals surface area contributed by atoms with E-state index in [-0.39, 0.29) is 17.3 Å². The van der Waals surface area contributed by atoms with Gasteiger partial charge in [0.2, 0.25) is 0 Å². The van der Waals surface area contributed by atoms with Gasteiger partial charge in [0, 0.05) is 6.07 Å². The summed E-state index contributed by atoms with van der Waals surface area (Å²) in [4.78, 5) is 15.3. The molecule has 1 heterocycles. The van der Waals surface area contributed by atoms with Gasteiger partial charge in [0.1, 0.15) is 12.1 Å². The number of nitrogen functional groups attached to an aromatic ring is 1. The summed E-state index contributed by atoms with van der Waals surface area (Å²) in [5, 5.41) is 0. The maximum Gasteiger partial charge on any atom is 0.360 e. The summed E-state index contributed by atoms with van der Waals surface area (Å²) in [5.74, 6) is -0.936. The fourth-order valence-electron chi connectivity index (χ4n) is 1.62. The summed E-state index contributed by atoms with van der Waals surface area (Å²) in [6.45, 7) is 0. The van der Waals surface area contributed by atoms with Crippen LogP contribution in [0.3, 0.4) is 0 Å². The summed E-state index contributed by atoms with van der Waals surface area (Å²) in [6.07, 6.45) is 1.36. The van der Waals surface area contributed by atoms with Crippen molar-refractivity contribution in [3.8, 4) is 11.4 Å². The predicted octanol–water partition coefficient (Wildman–Crippen LogP) is 1.39. The van der Waals surface area contributed by atoms with Crippen molar-refractivity contribution in [1.82, 2.24) is 9.55 Å². The topological polar surface area (TPSA) is 79.4 Å². The van der Waals surface area contributed by atoms with E-state index in [1.165, 1.54) is 43.3 Å². The van der Waals surface area contributed by atoms with Gasteiger partial charge in [-0.3, -0.25) is 4.57 Å². The number of carbonyl (C=O) groups is 1. The van der Waals surface area contributed by atoms with E-state index >= 15 is 0 Å². The van der Waals surface area contributed by atoms with Crippen molar-refractivity contribution in [2.75, 3.05) is 20.0 Å². The molecular formula is C12H12FN3O3. The molecule has 0 saturated carbocycles. The van der Waals surface area contributed by atoms with E-state index in [4.69, 9.17) is 10.5 Å². The van der Waals surface area contributed by atoms with Crippen LogP contribution in [0.15, 0.2) is 24.5 Å². The molecule has 0 atom stereocenters. The second-order valence-corrected chi connectivity index (χ2v) is 3.66. The lowest BCUT2D eigenvalue weighted by atomic mass is 10.3. The van der Waals surface area contributed by atoms with Crippen molar-refractivity contribution >= 4 is 11.8 Å². The molecule has 0 unspecified atom stereocenters. The molecule has 2 N–H and O–H groups in total. The fraction of sp³-hybridized carbons (Fsp3) is 0.167. The first-order chi connectivity index (χ1) is 9.08. The maximum atomic E-state index is 13.3. The first-order valence-electron chi connectivity index (χ1n) is 5.33. The molecule has 0 saturated heterocycles. The highest BCUT2D eigenvalue weighted by Gasteiger charge is 2.17. The molecule has 1 aromatic carbocycles. The van der Waals surface area contributed by atoms with Gasteiger partial charge in [-0.1, -0.05) is 0 Å². The summed E-state index contributed by atoms with van der Waals surface area (Å²) in [5.41, 5.74) is 6.34. The van der Waals surface area contributed by atoms with Crippen LogP contribution < -0.4 is 10.5 Å². The van der Waals surface area contributed by atoms with E-state index in [2.05, 4.69) is 9.72 Å². The molecule has 0 radical (unpaired) electrons. The standard InChI is InChI=1S/C12H12FN3O3/c1-18-9-5-7(3-4-8(9)13)16-6-15-10(11(16)14)12(17)19-2/h3-6H,14H2,1-2H3. The number of benzene rings is 1. The normalized spacial score (nSPS) is 10.3. The first-order valence-corrected chi connectivity index (χ1v) is 5.33. The molecule has 2 aromatic rings. The van der Waals surface area contributed by atoms with Gasteiger partial charge in [-0.05, 0) is 12.1 Å². The molecule has 0 amide bonds. The van der Waals surface area contributed by atoms with E-state index in [1.807, 2.05) is 0 Å². The van der Waals surface area contributed by atoms with Gasteiger partial charge < -0.3 is 15.2 Å². The largest absolute Gasteiger partial charge is 0.494 e. The number of methoxy groups -OCH3 is 2. The Morgan fingerprint density at radius 1 is 1.42 bits per heavy atom. The third kappa shape index (κ3) is 2.22. The quantitative estimate of drug-likeness (QED) is 0.848. The highest BCUT2D eigenvalue weighted by Crippen LogP contribution is 2.24. The number of ether oxygens (including phenoxy) is 2. The van der Waals surface area contributed by atoms with Crippen LogP contribution in [0, 0.1) is 5.82 Å². The number of nitrogens with two attached hydrogens (primary N) is 1. The minimum atomic E-state index is -0.634. The second-order valence-electron chi connectivity index (χ2n) is 3.66. The number of carbonyl (C=O) groups excluding carboxylic acids is 1. The molecule has 19 heavy (non-hydrogen) atoms. The Kier molecular flexibility index (Phi) is 3.37. The van der Waals surface area contributed by atoms with E-state index < -0.39 is 11.8 Å². The minimum absolute atomic E-state index is 0.00536. The average Bonchev–Trinajstić information content (AvgIpc) is 2.80. The summed E-state index contributed by atoms with van der Waals surface area (Å²) in [6, 6.07) is 4.19.